The third-order valence-corrected chi connectivity index (χ3v) is 9.63. The Hall–Kier alpha value is -1.88. The van der Waals surface area contributed by atoms with Crippen LogP contribution in [0, 0.1) is 29.6 Å². The molecule has 0 aromatic rings. The second kappa shape index (κ2) is 21.9. The first-order valence-electron chi connectivity index (χ1n) is 16.9. The Balaban J connectivity index is 2.76. The van der Waals surface area contributed by atoms with Gasteiger partial charge < -0.3 is 34.3 Å². The van der Waals surface area contributed by atoms with E-state index in [0.29, 0.717) is 38.5 Å². The van der Waals surface area contributed by atoms with Crippen LogP contribution in [-0.2, 0) is 28.5 Å². The minimum atomic E-state index is -0.919. The summed E-state index contributed by atoms with van der Waals surface area (Å²) in [5, 5.41) is 32.1. The first kappa shape index (κ1) is 42.1. The zero-order valence-electron chi connectivity index (χ0n) is 29.9. The number of aliphatic hydroxyl groups is 3. The number of allylic oxidation sites excluding steroid dienone is 4. The van der Waals surface area contributed by atoms with Crippen molar-refractivity contribution >= 4 is 11.8 Å². The largest absolute Gasteiger partial charge is 0.469 e. The fourth-order valence-corrected chi connectivity index (χ4v) is 6.73. The van der Waals surface area contributed by atoms with E-state index in [-0.39, 0.29) is 41.5 Å². The van der Waals surface area contributed by atoms with Crippen molar-refractivity contribution in [2.75, 3.05) is 28.4 Å². The van der Waals surface area contributed by atoms with E-state index in [4.69, 9.17) is 18.9 Å². The summed E-state index contributed by atoms with van der Waals surface area (Å²) in [7, 11) is 6.04. The van der Waals surface area contributed by atoms with Gasteiger partial charge in [0.2, 0.25) is 0 Å². The number of aliphatic hydroxyl groups excluding tert-OH is 3. The molecular weight excluding hydrogens is 588 g/mol. The Bertz CT molecular complexity index is 976. The minimum absolute atomic E-state index is 0.0778. The first-order valence-corrected chi connectivity index (χ1v) is 16.9. The average Bonchev–Trinajstić information content (AvgIpc) is 3.03. The molecule has 46 heavy (non-hydrogen) atoms. The maximum Gasteiger partial charge on any atom is 0.308 e. The number of Topliss-reactive ketones (excluding diaryl/α,β-unsaturated/α-hetero) is 1. The lowest BCUT2D eigenvalue weighted by Gasteiger charge is -2.31. The van der Waals surface area contributed by atoms with Gasteiger partial charge in [0.15, 0.2) is 0 Å². The lowest BCUT2D eigenvalue weighted by molar-refractivity contribution is -0.148. The number of ketones is 1. The Labute approximate surface area is 278 Å². The molecular formula is C37H64O9. The third kappa shape index (κ3) is 14.1. The molecule has 266 valence electrons. The number of hydrogen-bond acceptors (Lipinski definition) is 9. The van der Waals surface area contributed by atoms with E-state index >= 15 is 0 Å². The topological polar surface area (TPSA) is 132 Å². The van der Waals surface area contributed by atoms with E-state index < -0.39 is 36.4 Å². The summed E-state index contributed by atoms with van der Waals surface area (Å²) in [4.78, 5) is 25.2. The predicted octanol–water partition coefficient (Wildman–Crippen LogP) is 5.60. The smallest absolute Gasteiger partial charge is 0.308 e. The van der Waals surface area contributed by atoms with Crippen molar-refractivity contribution in [3.8, 4) is 0 Å². The van der Waals surface area contributed by atoms with Crippen LogP contribution in [-0.4, -0.2) is 92.1 Å². The van der Waals surface area contributed by atoms with Crippen molar-refractivity contribution < 1.29 is 43.9 Å². The number of ether oxygens (including phenoxy) is 4. The summed E-state index contributed by atoms with van der Waals surface area (Å²) in [6.07, 6.45) is 8.06. The summed E-state index contributed by atoms with van der Waals surface area (Å²) in [5.74, 6) is -0.595. The molecule has 0 aliphatic heterocycles. The third-order valence-electron chi connectivity index (χ3n) is 9.63. The molecule has 0 saturated heterocycles. The number of methoxy groups -OCH3 is 4. The number of esters is 1. The zero-order valence-corrected chi connectivity index (χ0v) is 29.9. The van der Waals surface area contributed by atoms with Gasteiger partial charge in [-0.25, -0.2) is 0 Å². The number of carbonyl (C=O) groups is 2. The summed E-state index contributed by atoms with van der Waals surface area (Å²) in [6.45, 7) is 13.6. The molecule has 9 nitrogen and oxygen atoms in total. The molecule has 3 N–H and O–H groups in total. The van der Waals surface area contributed by atoms with E-state index in [1.165, 1.54) is 14.2 Å². The lowest BCUT2D eigenvalue weighted by atomic mass is 9.82. The molecule has 0 amide bonds. The molecule has 1 fully saturated rings. The molecule has 0 aromatic carbocycles. The highest BCUT2D eigenvalue weighted by atomic mass is 16.5. The van der Waals surface area contributed by atoms with Gasteiger partial charge >= 0.3 is 5.97 Å². The van der Waals surface area contributed by atoms with Gasteiger partial charge in [0.05, 0.1) is 43.5 Å². The fraction of sp³-hybridized carbons (Fsp3) is 0.784. The van der Waals surface area contributed by atoms with Crippen molar-refractivity contribution in [2.24, 2.45) is 29.6 Å². The van der Waals surface area contributed by atoms with Crippen molar-refractivity contribution in [3.05, 3.63) is 36.0 Å². The second-order valence-corrected chi connectivity index (χ2v) is 13.6. The summed E-state index contributed by atoms with van der Waals surface area (Å²) in [6, 6.07) is 0. The molecule has 11 atom stereocenters. The van der Waals surface area contributed by atoms with Crippen molar-refractivity contribution in [2.45, 2.75) is 129 Å². The maximum absolute atomic E-state index is 13.3. The maximum atomic E-state index is 13.3. The van der Waals surface area contributed by atoms with E-state index in [2.05, 4.69) is 19.6 Å². The van der Waals surface area contributed by atoms with Crippen LogP contribution in [0.5, 0.6) is 0 Å². The molecule has 11 unspecified atom stereocenters. The van der Waals surface area contributed by atoms with Gasteiger partial charge in [0.1, 0.15) is 11.9 Å². The molecule has 1 aliphatic carbocycles. The van der Waals surface area contributed by atoms with Gasteiger partial charge in [-0.1, -0.05) is 44.6 Å². The Morgan fingerprint density at radius 2 is 1.61 bits per heavy atom. The van der Waals surface area contributed by atoms with E-state index in [9.17, 15) is 24.9 Å². The molecule has 1 aliphatic rings. The molecule has 0 radical (unpaired) electrons. The summed E-state index contributed by atoms with van der Waals surface area (Å²) < 4.78 is 21.4. The standard InChI is InChI=1S/C37H64O9/c1-11-12-29(30(38)15-13-25(4)35(40)26(5)20-28-14-16-31(39)32(22-28)43-7)18-23(2)17-24(3)19-33(44-8)36(41)34(45-9)21-27(6)37(42)46-10/h11,18,20,24-25,27-29,31-36,39-41H,1,12-17,19,21-22H2,2-10H3. The number of hydrogen-bond donors (Lipinski definition) is 3. The molecule has 1 rings (SSSR count). The quantitative estimate of drug-likeness (QED) is 0.101. The normalized spacial score (nSPS) is 24.7. The predicted molar refractivity (Wildman–Crippen MR) is 181 cm³/mol. The number of carbonyl (C=O) groups excluding carboxylic acids is 2. The first-order chi connectivity index (χ1) is 21.7. The Morgan fingerprint density at radius 3 is 2.17 bits per heavy atom. The van der Waals surface area contributed by atoms with E-state index in [1.54, 1.807) is 27.2 Å². The SMILES string of the molecule is C=CCC(C=C(C)CC(C)CC(OC)C(O)C(CC(C)C(=O)OC)OC)C(=O)CCC(C)C(O)C(C)=CC1CCC(O)C(OC)C1. The van der Waals surface area contributed by atoms with Gasteiger partial charge in [-0.3, -0.25) is 9.59 Å². The van der Waals surface area contributed by atoms with Gasteiger partial charge in [-0.15, -0.1) is 6.58 Å². The highest BCUT2D eigenvalue weighted by Gasteiger charge is 2.32. The van der Waals surface area contributed by atoms with E-state index in [1.807, 2.05) is 26.8 Å². The van der Waals surface area contributed by atoms with Crippen LogP contribution in [0.4, 0.5) is 0 Å². The highest BCUT2D eigenvalue weighted by Crippen LogP contribution is 2.30. The van der Waals surface area contributed by atoms with Gasteiger partial charge in [0, 0.05) is 33.7 Å². The molecule has 0 spiro atoms. The zero-order chi connectivity index (χ0) is 35.0. The van der Waals surface area contributed by atoms with Crippen molar-refractivity contribution in [1.82, 2.24) is 0 Å². The van der Waals surface area contributed by atoms with Crippen LogP contribution in [0.2, 0.25) is 0 Å². The highest BCUT2D eigenvalue weighted by molar-refractivity contribution is 5.83. The minimum Gasteiger partial charge on any atom is -0.469 e. The molecule has 1 saturated carbocycles. The summed E-state index contributed by atoms with van der Waals surface area (Å²) >= 11 is 0. The monoisotopic (exact) mass is 652 g/mol. The van der Waals surface area contributed by atoms with Gasteiger partial charge in [-0.05, 0) is 88.5 Å². The average molecular weight is 653 g/mol. The second-order valence-electron chi connectivity index (χ2n) is 13.6. The van der Waals surface area contributed by atoms with Gasteiger partial charge in [-0.2, -0.15) is 0 Å². The lowest BCUT2D eigenvalue weighted by Crippen LogP contribution is -2.42. The van der Waals surface area contributed by atoms with Crippen LogP contribution in [0.3, 0.4) is 0 Å². The Kier molecular flexibility index (Phi) is 20.1. The summed E-state index contributed by atoms with van der Waals surface area (Å²) in [5.41, 5.74) is 1.98. The van der Waals surface area contributed by atoms with Crippen LogP contribution < -0.4 is 0 Å². The van der Waals surface area contributed by atoms with Crippen LogP contribution in [0.25, 0.3) is 0 Å². The fourth-order valence-electron chi connectivity index (χ4n) is 6.73. The molecule has 9 heteroatoms. The molecule has 0 heterocycles. The molecule has 0 aromatic heterocycles. The van der Waals surface area contributed by atoms with Crippen molar-refractivity contribution in [3.63, 3.8) is 0 Å². The Morgan fingerprint density at radius 1 is 0.978 bits per heavy atom. The van der Waals surface area contributed by atoms with Gasteiger partial charge in [0.25, 0.3) is 0 Å². The van der Waals surface area contributed by atoms with Crippen LogP contribution in [0.15, 0.2) is 36.0 Å². The van der Waals surface area contributed by atoms with Crippen LogP contribution >= 0.6 is 0 Å². The van der Waals surface area contributed by atoms with Crippen LogP contribution in [0.1, 0.15) is 92.4 Å². The number of rotatable bonds is 22. The molecule has 0 bridgehead atoms. The van der Waals surface area contributed by atoms with E-state index in [0.717, 1.165) is 30.4 Å². The van der Waals surface area contributed by atoms with Crippen molar-refractivity contribution in [1.29, 1.82) is 0 Å².